The molecule has 0 aromatic heterocycles. The number of hydroxylamine groups is 1. The van der Waals surface area contributed by atoms with Crippen molar-refractivity contribution in [2.75, 3.05) is 19.1 Å². The summed E-state index contributed by atoms with van der Waals surface area (Å²) in [6.07, 6.45) is -1.03. The van der Waals surface area contributed by atoms with Crippen molar-refractivity contribution in [3.8, 4) is 11.5 Å². The molecule has 0 radical (unpaired) electrons. The number of imide groups is 1. The molecule has 138 valence electrons. The molecule has 2 heterocycles. The topological polar surface area (TPSA) is 77.1 Å². The summed E-state index contributed by atoms with van der Waals surface area (Å²) in [6, 6.07) is 11.8. The van der Waals surface area contributed by atoms with Gasteiger partial charge in [0.05, 0.1) is 31.2 Å². The number of carbonyl (C=O) groups excluding carboxylic acids is 2. The van der Waals surface area contributed by atoms with Crippen LogP contribution in [0.5, 0.6) is 11.5 Å². The van der Waals surface area contributed by atoms with Gasteiger partial charge in [0.1, 0.15) is 11.5 Å². The number of nitrogens with one attached hydrogen (secondary N) is 1. The lowest BCUT2D eigenvalue weighted by Gasteiger charge is -2.19. The number of hydrogen-bond donors (Lipinski definition) is 1. The quantitative estimate of drug-likeness (QED) is 0.814. The molecule has 2 amide bonds. The molecule has 1 fully saturated rings. The Morgan fingerprint density at radius 1 is 1.07 bits per heavy atom. The van der Waals surface area contributed by atoms with E-state index in [1.54, 1.807) is 42.5 Å². The third-order valence-electron chi connectivity index (χ3n) is 4.45. The summed E-state index contributed by atoms with van der Waals surface area (Å²) >= 11 is 5.92. The summed E-state index contributed by atoms with van der Waals surface area (Å²) in [7, 11) is 2.97. The maximum atomic E-state index is 13.1. The standard InChI is InChI=1S/C19H15ClN2O5/c1-25-12-7-8-14(26-2)13(9-12)22-18(23)15-16(21-27-17(15)19(22)24)10-3-5-11(20)6-4-10/h3-9,17,21H,1-2H3/t17-/m0/s1. The third-order valence-corrected chi connectivity index (χ3v) is 4.70. The molecule has 0 bridgehead atoms. The van der Waals surface area contributed by atoms with E-state index in [-0.39, 0.29) is 5.57 Å². The predicted molar refractivity (Wildman–Crippen MR) is 98.4 cm³/mol. The van der Waals surface area contributed by atoms with Crippen molar-refractivity contribution in [1.82, 2.24) is 5.48 Å². The third kappa shape index (κ3) is 2.72. The van der Waals surface area contributed by atoms with Crippen LogP contribution in [0.4, 0.5) is 5.69 Å². The summed E-state index contributed by atoms with van der Waals surface area (Å²) in [5.41, 5.74) is 4.37. The van der Waals surface area contributed by atoms with Gasteiger partial charge in [-0.3, -0.25) is 19.9 Å². The second-order valence-corrected chi connectivity index (χ2v) is 6.35. The minimum atomic E-state index is -1.03. The molecule has 4 rings (SSSR count). The van der Waals surface area contributed by atoms with Gasteiger partial charge in [0, 0.05) is 16.7 Å². The number of methoxy groups -OCH3 is 2. The van der Waals surface area contributed by atoms with Crippen LogP contribution in [-0.4, -0.2) is 32.1 Å². The normalized spacial score (nSPS) is 18.6. The highest BCUT2D eigenvalue weighted by Crippen LogP contribution is 2.40. The van der Waals surface area contributed by atoms with Crippen LogP contribution < -0.4 is 19.9 Å². The van der Waals surface area contributed by atoms with E-state index in [0.717, 1.165) is 4.90 Å². The fraction of sp³-hybridized carbons (Fsp3) is 0.158. The largest absolute Gasteiger partial charge is 0.497 e. The predicted octanol–water partition coefficient (Wildman–Crippen LogP) is 2.55. The van der Waals surface area contributed by atoms with Crippen molar-refractivity contribution in [3.05, 3.63) is 58.6 Å². The molecule has 1 atom stereocenters. The fourth-order valence-corrected chi connectivity index (χ4v) is 3.25. The number of halogens is 1. The van der Waals surface area contributed by atoms with Gasteiger partial charge in [-0.1, -0.05) is 23.7 Å². The van der Waals surface area contributed by atoms with E-state index in [9.17, 15) is 9.59 Å². The van der Waals surface area contributed by atoms with Crippen molar-refractivity contribution in [2.24, 2.45) is 0 Å². The zero-order chi connectivity index (χ0) is 19.1. The molecule has 0 unspecified atom stereocenters. The average Bonchev–Trinajstić information content (AvgIpc) is 3.22. The van der Waals surface area contributed by atoms with Crippen molar-refractivity contribution >= 4 is 34.8 Å². The zero-order valence-electron chi connectivity index (χ0n) is 14.5. The van der Waals surface area contributed by atoms with Crippen LogP contribution in [0.1, 0.15) is 5.56 Å². The monoisotopic (exact) mass is 386 g/mol. The van der Waals surface area contributed by atoms with E-state index in [4.69, 9.17) is 25.9 Å². The summed E-state index contributed by atoms with van der Waals surface area (Å²) in [4.78, 5) is 32.5. The Kier molecular flexibility index (Phi) is 4.25. The molecule has 0 aliphatic carbocycles. The van der Waals surface area contributed by atoms with Crippen LogP contribution >= 0.6 is 11.6 Å². The van der Waals surface area contributed by atoms with Gasteiger partial charge < -0.3 is 9.47 Å². The van der Waals surface area contributed by atoms with Crippen LogP contribution in [-0.2, 0) is 14.4 Å². The number of fused-ring (bicyclic) bond motifs is 1. The van der Waals surface area contributed by atoms with Crippen LogP contribution in [0.15, 0.2) is 48.0 Å². The maximum absolute atomic E-state index is 13.1. The molecule has 2 aliphatic rings. The number of benzene rings is 2. The molecule has 1 N–H and O–H groups in total. The summed E-state index contributed by atoms with van der Waals surface area (Å²) in [6.45, 7) is 0. The van der Waals surface area contributed by atoms with E-state index in [1.807, 2.05) is 0 Å². The van der Waals surface area contributed by atoms with Gasteiger partial charge in [-0.05, 0) is 24.3 Å². The maximum Gasteiger partial charge on any atom is 0.270 e. The average molecular weight is 387 g/mol. The summed E-state index contributed by atoms with van der Waals surface area (Å²) in [5.74, 6) is -0.113. The van der Waals surface area contributed by atoms with Crippen molar-refractivity contribution in [3.63, 3.8) is 0 Å². The summed E-state index contributed by atoms with van der Waals surface area (Å²) in [5, 5.41) is 0.566. The van der Waals surface area contributed by atoms with Gasteiger partial charge in [0.15, 0.2) is 6.10 Å². The number of anilines is 1. The second kappa shape index (κ2) is 6.61. The molecule has 2 aromatic rings. The molecule has 0 saturated carbocycles. The van der Waals surface area contributed by atoms with Gasteiger partial charge in [-0.15, -0.1) is 0 Å². The lowest BCUT2D eigenvalue weighted by molar-refractivity contribution is -0.127. The first-order chi connectivity index (χ1) is 13.0. The van der Waals surface area contributed by atoms with E-state index < -0.39 is 17.9 Å². The number of rotatable bonds is 4. The van der Waals surface area contributed by atoms with Gasteiger partial charge in [-0.2, -0.15) is 0 Å². The van der Waals surface area contributed by atoms with Crippen molar-refractivity contribution in [1.29, 1.82) is 0 Å². The molecule has 2 aromatic carbocycles. The zero-order valence-corrected chi connectivity index (χ0v) is 15.2. The Bertz CT molecular complexity index is 971. The first kappa shape index (κ1) is 17.4. The number of amides is 2. The lowest BCUT2D eigenvalue weighted by Crippen LogP contribution is -2.34. The van der Waals surface area contributed by atoms with Gasteiger partial charge in [-0.25, -0.2) is 4.90 Å². The van der Waals surface area contributed by atoms with Crippen LogP contribution in [0, 0.1) is 0 Å². The van der Waals surface area contributed by atoms with Gasteiger partial charge >= 0.3 is 0 Å². The number of carbonyl (C=O) groups is 2. The van der Waals surface area contributed by atoms with Gasteiger partial charge in [0.2, 0.25) is 0 Å². The molecule has 1 saturated heterocycles. The number of nitrogens with zero attached hydrogens (tertiary/aromatic N) is 1. The van der Waals surface area contributed by atoms with E-state index in [0.29, 0.717) is 33.5 Å². The lowest BCUT2D eigenvalue weighted by atomic mass is 10.1. The highest BCUT2D eigenvalue weighted by Gasteiger charge is 2.51. The number of ether oxygens (including phenoxy) is 2. The smallest absolute Gasteiger partial charge is 0.270 e. The van der Waals surface area contributed by atoms with E-state index in [2.05, 4.69) is 5.48 Å². The Balaban J connectivity index is 1.81. The van der Waals surface area contributed by atoms with Crippen LogP contribution in [0.2, 0.25) is 5.02 Å². The molecule has 8 heteroatoms. The first-order valence-electron chi connectivity index (χ1n) is 8.07. The molecular weight excluding hydrogens is 372 g/mol. The number of hydrogen-bond acceptors (Lipinski definition) is 6. The van der Waals surface area contributed by atoms with Crippen molar-refractivity contribution in [2.45, 2.75) is 6.10 Å². The van der Waals surface area contributed by atoms with Crippen LogP contribution in [0.3, 0.4) is 0 Å². The Morgan fingerprint density at radius 2 is 1.81 bits per heavy atom. The van der Waals surface area contributed by atoms with E-state index in [1.165, 1.54) is 14.2 Å². The highest BCUT2D eigenvalue weighted by molar-refractivity contribution is 6.33. The minimum Gasteiger partial charge on any atom is -0.497 e. The molecule has 0 spiro atoms. The summed E-state index contributed by atoms with van der Waals surface area (Å²) < 4.78 is 10.5. The van der Waals surface area contributed by atoms with Gasteiger partial charge in [0.25, 0.3) is 11.8 Å². The minimum absolute atomic E-state index is 0.243. The SMILES string of the molecule is COc1ccc(OC)c(N2C(=O)C3=C(c4ccc(Cl)cc4)NO[C@@H]3C2=O)c1. The fourth-order valence-electron chi connectivity index (χ4n) is 3.12. The Hall–Kier alpha value is -3.03. The van der Waals surface area contributed by atoms with E-state index >= 15 is 0 Å². The first-order valence-corrected chi connectivity index (χ1v) is 8.45. The Morgan fingerprint density at radius 3 is 2.48 bits per heavy atom. The van der Waals surface area contributed by atoms with Crippen LogP contribution in [0.25, 0.3) is 5.70 Å². The molecule has 2 aliphatic heterocycles. The highest BCUT2D eigenvalue weighted by atomic mass is 35.5. The second-order valence-electron chi connectivity index (χ2n) is 5.91. The van der Waals surface area contributed by atoms with Crippen molar-refractivity contribution < 1.29 is 23.9 Å². The molecular formula is C19H15ClN2O5. The Labute approximate surface area is 160 Å². The molecule has 7 nitrogen and oxygen atoms in total. The molecule has 27 heavy (non-hydrogen) atoms.